The number of nitrogens with one attached hydrogen (secondary N) is 1. The van der Waals surface area contributed by atoms with E-state index in [0.717, 1.165) is 25.7 Å². The number of carbonyl (C=O) groups excluding carboxylic acids is 1. The van der Waals surface area contributed by atoms with Crippen LogP contribution in [0.3, 0.4) is 0 Å². The normalized spacial score (nSPS) is 12.5. The van der Waals surface area contributed by atoms with E-state index < -0.39 is 0 Å². The summed E-state index contributed by atoms with van der Waals surface area (Å²) >= 11 is 0. The molecule has 3 heteroatoms. The van der Waals surface area contributed by atoms with Gasteiger partial charge in [-0.05, 0) is 38.5 Å². The molecule has 0 spiro atoms. The number of rotatable bonds is 21. The lowest BCUT2D eigenvalue weighted by Gasteiger charge is -2.15. The maximum atomic E-state index is 11.8. The smallest absolute Gasteiger partial charge is 0.220 e. The van der Waals surface area contributed by atoms with Crippen molar-refractivity contribution in [2.45, 2.75) is 135 Å². The van der Waals surface area contributed by atoms with Gasteiger partial charge in [-0.25, -0.2) is 0 Å². The molecular formula is C25H49NO2. The molecule has 0 aliphatic heterocycles. The Morgan fingerprint density at radius 1 is 0.750 bits per heavy atom. The Balaban J connectivity index is 3.30. The van der Waals surface area contributed by atoms with E-state index in [-0.39, 0.29) is 18.6 Å². The fraction of sp³-hybridized carbons (Fsp3) is 0.880. The third-order valence-corrected chi connectivity index (χ3v) is 5.39. The second kappa shape index (κ2) is 22.5. The van der Waals surface area contributed by atoms with E-state index in [1.165, 1.54) is 83.5 Å². The van der Waals surface area contributed by atoms with Crippen molar-refractivity contribution in [2.75, 3.05) is 6.61 Å². The molecule has 28 heavy (non-hydrogen) atoms. The monoisotopic (exact) mass is 395 g/mol. The van der Waals surface area contributed by atoms with Crippen molar-refractivity contribution >= 4 is 5.91 Å². The van der Waals surface area contributed by atoms with Crippen LogP contribution in [0, 0.1) is 0 Å². The van der Waals surface area contributed by atoms with Gasteiger partial charge in [-0.15, -0.1) is 0 Å². The average Bonchev–Trinajstić information content (AvgIpc) is 2.70. The highest BCUT2D eigenvalue weighted by Gasteiger charge is 2.09. The van der Waals surface area contributed by atoms with Gasteiger partial charge in [-0.3, -0.25) is 4.79 Å². The SMILES string of the molecule is CCCCCCCCCCCC=CCCCCCCC(=O)NC(CO)CCC. The number of allylic oxidation sites excluding steroid dienone is 2. The second-order valence-electron chi connectivity index (χ2n) is 8.28. The van der Waals surface area contributed by atoms with E-state index in [4.69, 9.17) is 0 Å². The molecule has 0 aliphatic carbocycles. The van der Waals surface area contributed by atoms with Gasteiger partial charge in [-0.2, -0.15) is 0 Å². The van der Waals surface area contributed by atoms with Gasteiger partial charge < -0.3 is 10.4 Å². The van der Waals surface area contributed by atoms with E-state index in [0.29, 0.717) is 6.42 Å². The summed E-state index contributed by atoms with van der Waals surface area (Å²) in [7, 11) is 0. The standard InChI is InChI=1S/C25H49NO2/c1-3-5-6-7-8-9-10-11-12-13-14-15-16-17-18-19-20-22-25(28)26-24(23-27)21-4-2/h14-15,24,27H,3-13,16-23H2,1-2H3,(H,26,28). The van der Waals surface area contributed by atoms with Crippen LogP contribution < -0.4 is 5.32 Å². The average molecular weight is 396 g/mol. The summed E-state index contributed by atoms with van der Waals surface area (Å²) in [6.45, 7) is 4.39. The summed E-state index contributed by atoms with van der Waals surface area (Å²) in [6, 6.07) is -0.0616. The molecule has 0 fully saturated rings. The quantitative estimate of drug-likeness (QED) is 0.161. The molecule has 3 nitrogen and oxygen atoms in total. The van der Waals surface area contributed by atoms with Gasteiger partial charge in [0.2, 0.25) is 5.91 Å². The fourth-order valence-electron chi connectivity index (χ4n) is 3.57. The molecular weight excluding hydrogens is 346 g/mol. The number of hydrogen-bond donors (Lipinski definition) is 2. The summed E-state index contributed by atoms with van der Waals surface area (Å²) in [4.78, 5) is 11.8. The topological polar surface area (TPSA) is 49.3 Å². The Labute approximate surface area is 175 Å². The Morgan fingerprint density at radius 2 is 1.25 bits per heavy atom. The lowest BCUT2D eigenvalue weighted by Crippen LogP contribution is -2.37. The molecule has 0 aliphatic rings. The largest absolute Gasteiger partial charge is 0.394 e. The number of amides is 1. The van der Waals surface area contributed by atoms with Crippen molar-refractivity contribution in [1.82, 2.24) is 5.32 Å². The number of hydrogen-bond acceptors (Lipinski definition) is 2. The maximum Gasteiger partial charge on any atom is 0.220 e. The minimum Gasteiger partial charge on any atom is -0.394 e. The van der Waals surface area contributed by atoms with Gasteiger partial charge in [0.05, 0.1) is 12.6 Å². The first kappa shape index (κ1) is 27.2. The van der Waals surface area contributed by atoms with Crippen LogP contribution in [0.15, 0.2) is 12.2 Å². The van der Waals surface area contributed by atoms with Crippen molar-refractivity contribution in [3.05, 3.63) is 12.2 Å². The van der Waals surface area contributed by atoms with Crippen LogP contribution in [0.5, 0.6) is 0 Å². The van der Waals surface area contributed by atoms with Gasteiger partial charge in [0.25, 0.3) is 0 Å². The van der Waals surface area contributed by atoms with Crippen LogP contribution in [0.1, 0.15) is 129 Å². The molecule has 0 saturated heterocycles. The molecule has 0 radical (unpaired) electrons. The molecule has 0 aromatic carbocycles. The van der Waals surface area contributed by atoms with Crippen LogP contribution in [-0.4, -0.2) is 23.7 Å². The number of aliphatic hydroxyl groups excluding tert-OH is 1. The highest BCUT2D eigenvalue weighted by Crippen LogP contribution is 2.11. The molecule has 1 atom stereocenters. The third kappa shape index (κ3) is 19.9. The molecule has 1 amide bonds. The molecule has 0 rings (SSSR count). The van der Waals surface area contributed by atoms with Crippen molar-refractivity contribution < 1.29 is 9.90 Å². The molecule has 166 valence electrons. The first-order valence-corrected chi connectivity index (χ1v) is 12.3. The zero-order chi connectivity index (χ0) is 20.7. The summed E-state index contributed by atoms with van der Waals surface area (Å²) in [5.74, 6) is 0.0911. The van der Waals surface area contributed by atoms with Crippen molar-refractivity contribution in [3.8, 4) is 0 Å². The number of carbonyl (C=O) groups is 1. The summed E-state index contributed by atoms with van der Waals surface area (Å²) in [5.41, 5.74) is 0. The van der Waals surface area contributed by atoms with E-state index in [2.05, 4.69) is 31.3 Å². The second-order valence-corrected chi connectivity index (χ2v) is 8.28. The van der Waals surface area contributed by atoms with Crippen molar-refractivity contribution in [3.63, 3.8) is 0 Å². The molecule has 0 aromatic rings. The van der Waals surface area contributed by atoms with Gasteiger partial charge in [0, 0.05) is 6.42 Å². The summed E-state index contributed by atoms with van der Waals surface area (Å²) < 4.78 is 0. The van der Waals surface area contributed by atoms with Gasteiger partial charge in [-0.1, -0.05) is 96.6 Å². The minimum atomic E-state index is -0.0616. The van der Waals surface area contributed by atoms with Crippen LogP contribution >= 0.6 is 0 Å². The zero-order valence-corrected chi connectivity index (χ0v) is 19.0. The lowest BCUT2D eigenvalue weighted by molar-refractivity contribution is -0.122. The van der Waals surface area contributed by atoms with E-state index in [9.17, 15) is 9.90 Å². The van der Waals surface area contributed by atoms with Crippen molar-refractivity contribution in [2.24, 2.45) is 0 Å². The van der Waals surface area contributed by atoms with Crippen LogP contribution in [0.2, 0.25) is 0 Å². The highest BCUT2D eigenvalue weighted by atomic mass is 16.3. The van der Waals surface area contributed by atoms with Crippen molar-refractivity contribution in [1.29, 1.82) is 0 Å². The Morgan fingerprint density at radius 3 is 1.75 bits per heavy atom. The first-order chi connectivity index (χ1) is 13.7. The summed E-state index contributed by atoms with van der Waals surface area (Å²) in [6.07, 6.45) is 26.6. The van der Waals surface area contributed by atoms with Gasteiger partial charge in [0.1, 0.15) is 0 Å². The predicted molar refractivity (Wildman–Crippen MR) is 123 cm³/mol. The fourth-order valence-corrected chi connectivity index (χ4v) is 3.57. The first-order valence-electron chi connectivity index (χ1n) is 12.3. The number of aliphatic hydroxyl groups is 1. The molecule has 0 bridgehead atoms. The predicted octanol–water partition coefficient (Wildman–Crippen LogP) is 7.08. The summed E-state index contributed by atoms with van der Waals surface area (Å²) in [5, 5.41) is 12.1. The molecule has 0 saturated carbocycles. The maximum absolute atomic E-state index is 11.8. The van der Waals surface area contributed by atoms with Gasteiger partial charge in [0.15, 0.2) is 0 Å². The lowest BCUT2D eigenvalue weighted by atomic mass is 10.1. The van der Waals surface area contributed by atoms with E-state index >= 15 is 0 Å². The highest BCUT2D eigenvalue weighted by molar-refractivity contribution is 5.76. The minimum absolute atomic E-state index is 0.0466. The Bertz CT molecular complexity index is 354. The van der Waals surface area contributed by atoms with E-state index in [1.54, 1.807) is 0 Å². The van der Waals surface area contributed by atoms with Gasteiger partial charge >= 0.3 is 0 Å². The Hall–Kier alpha value is -0.830. The van der Waals surface area contributed by atoms with Crippen LogP contribution in [0.4, 0.5) is 0 Å². The number of unbranched alkanes of at least 4 members (excludes halogenated alkanes) is 13. The third-order valence-electron chi connectivity index (χ3n) is 5.39. The molecule has 1 unspecified atom stereocenters. The Kier molecular flexibility index (Phi) is 21.8. The molecule has 2 N–H and O–H groups in total. The molecule has 0 aromatic heterocycles. The molecule has 0 heterocycles. The van der Waals surface area contributed by atoms with Crippen LogP contribution in [0.25, 0.3) is 0 Å². The zero-order valence-electron chi connectivity index (χ0n) is 19.0. The van der Waals surface area contributed by atoms with E-state index in [1.807, 2.05) is 0 Å². The van der Waals surface area contributed by atoms with Crippen LogP contribution in [-0.2, 0) is 4.79 Å².